The monoisotopic (exact) mass is 278 g/mol. The Kier molecular flexibility index (Phi) is 3.55. The standard InChI is InChI=1S/C11H7ClN4OS/c1-7(17)10-15-16(11(18-10)14-6-13)9-4-2-3-8(12)5-9/h2-5H,1H3. The summed E-state index contributed by atoms with van der Waals surface area (Å²) in [4.78, 5) is 15.3. The average Bonchev–Trinajstić information content (AvgIpc) is 2.74. The van der Waals surface area contributed by atoms with Crippen molar-refractivity contribution in [3.05, 3.63) is 39.1 Å². The minimum Gasteiger partial charge on any atom is -0.292 e. The molecule has 0 atom stereocenters. The van der Waals surface area contributed by atoms with Crippen LogP contribution < -0.4 is 4.80 Å². The van der Waals surface area contributed by atoms with Gasteiger partial charge in [0.2, 0.25) is 11.0 Å². The van der Waals surface area contributed by atoms with Crippen LogP contribution in [0.15, 0.2) is 29.3 Å². The number of carbonyl (C=O) groups is 1. The van der Waals surface area contributed by atoms with Crippen molar-refractivity contribution in [2.45, 2.75) is 6.92 Å². The number of rotatable bonds is 2. The summed E-state index contributed by atoms with van der Waals surface area (Å²) in [5.41, 5.74) is 0.653. The molecule has 1 aromatic carbocycles. The molecular formula is C11H7ClN4OS. The molecule has 0 unspecified atom stereocenters. The number of ketones is 1. The number of benzene rings is 1. The summed E-state index contributed by atoms with van der Waals surface area (Å²) in [5.74, 6) is -0.171. The highest BCUT2D eigenvalue weighted by molar-refractivity contribution is 7.11. The first kappa shape index (κ1) is 12.5. The maximum Gasteiger partial charge on any atom is 0.224 e. The van der Waals surface area contributed by atoms with Gasteiger partial charge < -0.3 is 0 Å². The molecule has 2 rings (SSSR count). The minimum absolute atomic E-state index is 0.171. The fourth-order valence-electron chi connectivity index (χ4n) is 1.31. The van der Waals surface area contributed by atoms with Crippen molar-refractivity contribution in [3.63, 3.8) is 0 Å². The molecule has 0 aliphatic heterocycles. The SMILES string of the molecule is CC(=O)c1nn(-c2cccc(Cl)c2)c(=NC#N)s1. The first-order valence-corrected chi connectivity index (χ1v) is 6.11. The van der Waals surface area contributed by atoms with Crippen LogP contribution in [0.25, 0.3) is 5.69 Å². The van der Waals surface area contributed by atoms with Crippen molar-refractivity contribution in [1.29, 1.82) is 5.26 Å². The molecule has 1 aromatic heterocycles. The lowest BCUT2D eigenvalue weighted by molar-refractivity contribution is 0.101. The van der Waals surface area contributed by atoms with Crippen molar-refractivity contribution in [2.24, 2.45) is 4.99 Å². The molecule has 0 bridgehead atoms. The van der Waals surface area contributed by atoms with Gasteiger partial charge in [-0.05, 0) is 18.2 Å². The second-order valence-electron chi connectivity index (χ2n) is 3.35. The molecule has 2 aromatic rings. The van der Waals surface area contributed by atoms with E-state index in [4.69, 9.17) is 16.9 Å². The second kappa shape index (κ2) is 5.12. The molecule has 0 radical (unpaired) electrons. The number of Topliss-reactive ketones (excluding diaryl/α,β-unsaturated/α-hetero) is 1. The lowest BCUT2D eigenvalue weighted by atomic mass is 10.3. The van der Waals surface area contributed by atoms with Crippen LogP contribution in [0.4, 0.5) is 0 Å². The second-order valence-corrected chi connectivity index (χ2v) is 4.74. The summed E-state index contributed by atoms with van der Waals surface area (Å²) in [5, 5.41) is 13.6. The molecule has 7 heteroatoms. The van der Waals surface area contributed by atoms with E-state index in [-0.39, 0.29) is 5.78 Å². The molecular weight excluding hydrogens is 272 g/mol. The van der Waals surface area contributed by atoms with E-state index >= 15 is 0 Å². The Bertz CT molecular complexity index is 710. The lowest BCUT2D eigenvalue weighted by Gasteiger charge is -2.00. The van der Waals surface area contributed by atoms with Crippen LogP contribution in [-0.4, -0.2) is 15.6 Å². The first-order valence-electron chi connectivity index (χ1n) is 4.91. The lowest BCUT2D eigenvalue weighted by Crippen LogP contribution is -2.13. The normalized spacial score (nSPS) is 11.3. The Morgan fingerprint density at radius 2 is 2.39 bits per heavy atom. The Hall–Kier alpha value is -1.97. The summed E-state index contributed by atoms with van der Waals surface area (Å²) in [6.07, 6.45) is 1.69. The molecule has 0 fully saturated rings. The molecule has 0 spiro atoms. The molecule has 0 N–H and O–H groups in total. The van der Waals surface area contributed by atoms with Gasteiger partial charge in [0.05, 0.1) is 5.69 Å². The minimum atomic E-state index is -0.171. The van der Waals surface area contributed by atoms with Gasteiger partial charge in [-0.3, -0.25) is 4.79 Å². The maximum absolute atomic E-state index is 11.3. The quantitative estimate of drug-likeness (QED) is 0.624. The number of hydrogen-bond acceptors (Lipinski definition) is 5. The summed E-state index contributed by atoms with van der Waals surface area (Å²) in [6.45, 7) is 1.41. The van der Waals surface area contributed by atoms with Crippen LogP contribution in [0.3, 0.4) is 0 Å². The molecule has 90 valence electrons. The number of nitriles is 1. The zero-order valence-corrected chi connectivity index (χ0v) is 10.9. The van der Waals surface area contributed by atoms with E-state index in [1.165, 1.54) is 11.6 Å². The van der Waals surface area contributed by atoms with Gasteiger partial charge in [0.1, 0.15) is 0 Å². The van der Waals surface area contributed by atoms with Crippen molar-refractivity contribution in [2.75, 3.05) is 0 Å². The topological polar surface area (TPSA) is 71.0 Å². The van der Waals surface area contributed by atoms with Gasteiger partial charge in [0.25, 0.3) is 0 Å². The summed E-state index contributed by atoms with van der Waals surface area (Å²) in [7, 11) is 0. The summed E-state index contributed by atoms with van der Waals surface area (Å²) < 4.78 is 1.43. The largest absolute Gasteiger partial charge is 0.292 e. The van der Waals surface area contributed by atoms with Gasteiger partial charge in [-0.2, -0.15) is 10.4 Å². The summed E-state index contributed by atoms with van der Waals surface area (Å²) >= 11 is 6.96. The molecule has 0 saturated carbocycles. The van der Waals surface area contributed by atoms with E-state index in [9.17, 15) is 4.79 Å². The van der Waals surface area contributed by atoms with Crippen molar-refractivity contribution in [1.82, 2.24) is 9.78 Å². The highest BCUT2D eigenvalue weighted by atomic mass is 35.5. The Morgan fingerprint density at radius 1 is 1.61 bits per heavy atom. The molecule has 0 aliphatic carbocycles. The highest BCUT2D eigenvalue weighted by Gasteiger charge is 2.10. The Morgan fingerprint density at radius 3 is 3.00 bits per heavy atom. The van der Waals surface area contributed by atoms with Crippen LogP contribution in [0.5, 0.6) is 0 Å². The van der Waals surface area contributed by atoms with Crippen LogP contribution in [-0.2, 0) is 0 Å². The number of halogens is 1. The number of hydrogen-bond donors (Lipinski definition) is 0. The van der Waals surface area contributed by atoms with Crippen LogP contribution in [0, 0.1) is 11.5 Å². The molecule has 1 heterocycles. The van der Waals surface area contributed by atoms with E-state index in [1.807, 2.05) is 0 Å². The molecule has 18 heavy (non-hydrogen) atoms. The third-order valence-electron chi connectivity index (χ3n) is 2.06. The van der Waals surface area contributed by atoms with E-state index in [2.05, 4.69) is 10.1 Å². The fraction of sp³-hybridized carbons (Fsp3) is 0.0909. The van der Waals surface area contributed by atoms with E-state index in [0.717, 1.165) is 11.3 Å². The van der Waals surface area contributed by atoms with E-state index < -0.39 is 0 Å². The number of carbonyl (C=O) groups excluding carboxylic acids is 1. The molecule has 5 nitrogen and oxygen atoms in total. The van der Waals surface area contributed by atoms with Crippen molar-refractivity contribution < 1.29 is 4.79 Å². The maximum atomic E-state index is 11.3. The van der Waals surface area contributed by atoms with E-state index in [0.29, 0.717) is 20.5 Å². The zero-order chi connectivity index (χ0) is 13.1. The number of nitrogens with zero attached hydrogens (tertiary/aromatic N) is 4. The fourth-order valence-corrected chi connectivity index (χ4v) is 2.26. The predicted molar refractivity (Wildman–Crippen MR) is 67.6 cm³/mol. The van der Waals surface area contributed by atoms with Gasteiger partial charge in [0, 0.05) is 11.9 Å². The molecule has 0 amide bonds. The van der Waals surface area contributed by atoms with Crippen LogP contribution in [0.1, 0.15) is 16.7 Å². The van der Waals surface area contributed by atoms with Crippen LogP contribution in [0.2, 0.25) is 5.02 Å². The highest BCUT2D eigenvalue weighted by Crippen LogP contribution is 2.14. The average molecular weight is 279 g/mol. The first-order chi connectivity index (χ1) is 8.61. The molecule has 0 aliphatic rings. The van der Waals surface area contributed by atoms with Crippen LogP contribution >= 0.6 is 22.9 Å². The van der Waals surface area contributed by atoms with Crippen molar-refractivity contribution in [3.8, 4) is 11.9 Å². The van der Waals surface area contributed by atoms with Gasteiger partial charge in [0.15, 0.2) is 10.8 Å². The molecule has 0 saturated heterocycles. The number of aromatic nitrogens is 2. The van der Waals surface area contributed by atoms with Gasteiger partial charge in [-0.1, -0.05) is 29.0 Å². The van der Waals surface area contributed by atoms with Gasteiger partial charge in [-0.15, -0.1) is 4.99 Å². The van der Waals surface area contributed by atoms with Gasteiger partial charge >= 0.3 is 0 Å². The predicted octanol–water partition coefficient (Wildman–Crippen LogP) is 2.17. The van der Waals surface area contributed by atoms with Crippen molar-refractivity contribution >= 4 is 28.7 Å². The van der Waals surface area contributed by atoms with E-state index in [1.54, 1.807) is 30.5 Å². The third-order valence-corrected chi connectivity index (χ3v) is 3.30. The van der Waals surface area contributed by atoms with Gasteiger partial charge in [-0.25, -0.2) is 4.68 Å². The summed E-state index contributed by atoms with van der Waals surface area (Å²) in [6, 6.07) is 6.94. The Labute approximate surface area is 112 Å². The Balaban J connectivity index is 2.67. The third kappa shape index (κ3) is 2.47. The zero-order valence-electron chi connectivity index (χ0n) is 9.29. The smallest absolute Gasteiger partial charge is 0.224 e.